The van der Waals surface area contributed by atoms with E-state index in [-0.39, 0.29) is 11.8 Å². The molecule has 5 rings (SSSR count). The third kappa shape index (κ3) is 4.29. The lowest BCUT2D eigenvalue weighted by Gasteiger charge is -2.28. The molecule has 33 heavy (non-hydrogen) atoms. The van der Waals surface area contributed by atoms with Crippen LogP contribution in [-0.2, 0) is 13.0 Å². The van der Waals surface area contributed by atoms with Crippen LogP contribution >= 0.6 is 22.9 Å². The molecule has 2 amide bonds. The number of benzene rings is 2. The molecular formula is C25H21ClN4O2S. The summed E-state index contributed by atoms with van der Waals surface area (Å²) in [6.07, 6.45) is 4.04. The van der Waals surface area contributed by atoms with Gasteiger partial charge >= 0.3 is 0 Å². The molecule has 0 saturated heterocycles. The summed E-state index contributed by atoms with van der Waals surface area (Å²) in [5.74, 6) is -0.314. The summed E-state index contributed by atoms with van der Waals surface area (Å²) in [5, 5.41) is 9.87. The van der Waals surface area contributed by atoms with Gasteiger partial charge in [-0.3, -0.25) is 9.59 Å². The van der Waals surface area contributed by atoms with Crippen LogP contribution in [0.15, 0.2) is 66.3 Å². The molecule has 0 radical (unpaired) electrons. The lowest BCUT2D eigenvalue weighted by atomic mass is 10.0. The van der Waals surface area contributed by atoms with E-state index in [1.807, 2.05) is 30.0 Å². The van der Waals surface area contributed by atoms with E-state index in [0.29, 0.717) is 34.9 Å². The van der Waals surface area contributed by atoms with E-state index in [2.05, 4.69) is 21.9 Å². The van der Waals surface area contributed by atoms with Gasteiger partial charge in [0, 0.05) is 40.4 Å². The summed E-state index contributed by atoms with van der Waals surface area (Å²) in [6, 6.07) is 14.7. The number of nitrogens with zero attached hydrogens (tertiary/aromatic N) is 3. The average molecular weight is 477 g/mol. The van der Waals surface area contributed by atoms with Gasteiger partial charge in [0.1, 0.15) is 0 Å². The van der Waals surface area contributed by atoms with Crippen LogP contribution in [0.4, 0.5) is 5.69 Å². The van der Waals surface area contributed by atoms with Crippen LogP contribution in [0.3, 0.4) is 0 Å². The summed E-state index contributed by atoms with van der Waals surface area (Å²) in [4.78, 5) is 29.4. The topological polar surface area (TPSA) is 67.2 Å². The van der Waals surface area contributed by atoms with Crippen LogP contribution in [-0.4, -0.2) is 33.0 Å². The normalized spacial score (nSPS) is 13.0. The molecule has 2 aromatic heterocycles. The zero-order valence-electron chi connectivity index (χ0n) is 17.9. The van der Waals surface area contributed by atoms with Gasteiger partial charge in [-0.1, -0.05) is 23.7 Å². The van der Waals surface area contributed by atoms with E-state index >= 15 is 0 Å². The number of aromatic nitrogens is 2. The van der Waals surface area contributed by atoms with E-state index in [1.54, 1.807) is 46.5 Å². The molecule has 8 heteroatoms. The van der Waals surface area contributed by atoms with E-state index in [1.165, 1.54) is 16.6 Å². The van der Waals surface area contributed by atoms with Gasteiger partial charge < -0.3 is 10.2 Å². The second-order valence-electron chi connectivity index (χ2n) is 7.93. The van der Waals surface area contributed by atoms with Crippen LogP contribution in [0.25, 0.3) is 5.69 Å². The summed E-state index contributed by atoms with van der Waals surface area (Å²) in [7, 11) is 0. The Morgan fingerprint density at radius 1 is 1.15 bits per heavy atom. The van der Waals surface area contributed by atoms with Crippen molar-refractivity contribution in [3.63, 3.8) is 0 Å². The van der Waals surface area contributed by atoms with Crippen molar-refractivity contribution < 1.29 is 9.59 Å². The van der Waals surface area contributed by atoms with Crippen molar-refractivity contribution in [2.45, 2.75) is 19.9 Å². The van der Waals surface area contributed by atoms with Gasteiger partial charge in [-0.2, -0.15) is 5.10 Å². The van der Waals surface area contributed by atoms with Crippen molar-refractivity contribution >= 4 is 40.4 Å². The van der Waals surface area contributed by atoms with Gasteiger partial charge in [-0.15, -0.1) is 11.3 Å². The minimum Gasteiger partial charge on any atom is -0.334 e. The Bertz CT molecular complexity index is 1360. The van der Waals surface area contributed by atoms with Gasteiger partial charge in [0.05, 0.1) is 17.4 Å². The number of nitrogens with one attached hydrogen (secondary N) is 1. The third-order valence-corrected chi connectivity index (χ3v) is 7.08. The second kappa shape index (κ2) is 8.84. The fourth-order valence-corrected chi connectivity index (χ4v) is 5.06. The van der Waals surface area contributed by atoms with Crippen LogP contribution < -0.4 is 5.32 Å². The van der Waals surface area contributed by atoms with Gasteiger partial charge in [0.25, 0.3) is 11.8 Å². The van der Waals surface area contributed by atoms with E-state index < -0.39 is 0 Å². The first kappa shape index (κ1) is 21.4. The number of rotatable bonds is 4. The lowest BCUT2D eigenvalue weighted by molar-refractivity contribution is 0.0735. The van der Waals surface area contributed by atoms with E-state index in [0.717, 1.165) is 17.7 Å². The Labute approximate surface area is 200 Å². The predicted octanol–water partition coefficient (Wildman–Crippen LogP) is 5.35. The van der Waals surface area contributed by atoms with Crippen LogP contribution in [0.5, 0.6) is 0 Å². The molecule has 0 bridgehead atoms. The highest BCUT2D eigenvalue weighted by Crippen LogP contribution is 2.27. The molecule has 1 aliphatic heterocycles. The number of anilines is 1. The summed E-state index contributed by atoms with van der Waals surface area (Å²) >= 11 is 7.80. The molecular weight excluding hydrogens is 456 g/mol. The highest BCUT2D eigenvalue weighted by Gasteiger charge is 2.24. The number of amides is 2. The third-order valence-electron chi connectivity index (χ3n) is 5.82. The Hall–Kier alpha value is -3.42. The number of hydrogen-bond donors (Lipinski definition) is 1. The summed E-state index contributed by atoms with van der Waals surface area (Å²) in [5.41, 5.74) is 4.34. The molecule has 3 heterocycles. The van der Waals surface area contributed by atoms with Crippen molar-refractivity contribution in [2.75, 3.05) is 11.9 Å². The van der Waals surface area contributed by atoms with Gasteiger partial charge in [0.15, 0.2) is 0 Å². The maximum Gasteiger partial charge on any atom is 0.258 e. The van der Waals surface area contributed by atoms with E-state index in [9.17, 15) is 9.59 Å². The number of thiophene rings is 1. The minimum absolute atomic E-state index is 0.0192. The Balaban J connectivity index is 1.33. The summed E-state index contributed by atoms with van der Waals surface area (Å²) in [6.45, 7) is 3.18. The first-order valence-corrected chi connectivity index (χ1v) is 11.8. The Morgan fingerprint density at radius 3 is 2.85 bits per heavy atom. The molecule has 1 aliphatic rings. The predicted molar refractivity (Wildman–Crippen MR) is 130 cm³/mol. The quantitative estimate of drug-likeness (QED) is 0.432. The maximum atomic E-state index is 13.2. The molecule has 0 atom stereocenters. The fraction of sp³-hybridized carbons (Fsp3) is 0.160. The molecule has 0 aliphatic carbocycles. The molecule has 4 aromatic rings. The lowest BCUT2D eigenvalue weighted by Crippen LogP contribution is -2.35. The van der Waals surface area contributed by atoms with Crippen LogP contribution in [0.2, 0.25) is 5.02 Å². The molecule has 6 nitrogen and oxygen atoms in total. The highest BCUT2D eigenvalue weighted by molar-refractivity contribution is 7.10. The highest BCUT2D eigenvalue weighted by atomic mass is 35.5. The number of carbonyl (C=O) groups is 2. The SMILES string of the molecule is Cc1c(NC(=O)c2cnn(-c3cccc(Cl)c3)c2)cccc1C(=O)N1CCc2sccc2C1. The maximum absolute atomic E-state index is 13.2. The Kier molecular flexibility index (Phi) is 5.74. The van der Waals surface area contributed by atoms with Gasteiger partial charge in [-0.05, 0) is 66.2 Å². The molecule has 166 valence electrons. The number of hydrogen-bond acceptors (Lipinski definition) is 4. The number of carbonyl (C=O) groups excluding carboxylic acids is 2. The van der Waals surface area contributed by atoms with Crippen molar-refractivity contribution in [3.8, 4) is 5.69 Å². The summed E-state index contributed by atoms with van der Waals surface area (Å²) < 4.78 is 1.60. The standard InChI is InChI=1S/C25H21ClN4O2S/c1-16-21(25(32)29-10-8-23-17(14-29)9-11-33-23)6-3-7-22(16)28-24(31)18-13-27-30(15-18)20-5-2-4-19(26)12-20/h2-7,9,11-13,15H,8,10,14H2,1H3,(H,28,31). The largest absolute Gasteiger partial charge is 0.334 e. The van der Waals surface area contributed by atoms with Crippen molar-refractivity contribution in [1.29, 1.82) is 0 Å². The number of fused-ring (bicyclic) bond motifs is 1. The van der Waals surface area contributed by atoms with Crippen LogP contribution in [0, 0.1) is 6.92 Å². The number of halogens is 1. The average Bonchev–Trinajstić information content (AvgIpc) is 3.49. The first-order chi connectivity index (χ1) is 16.0. The van der Waals surface area contributed by atoms with Crippen molar-refractivity contribution in [2.24, 2.45) is 0 Å². The first-order valence-electron chi connectivity index (χ1n) is 10.6. The molecule has 0 unspecified atom stereocenters. The monoisotopic (exact) mass is 476 g/mol. The second-order valence-corrected chi connectivity index (χ2v) is 9.37. The molecule has 0 saturated carbocycles. The van der Waals surface area contributed by atoms with E-state index in [4.69, 9.17) is 11.6 Å². The van der Waals surface area contributed by atoms with Crippen LogP contribution in [0.1, 0.15) is 36.7 Å². The molecule has 2 aromatic carbocycles. The molecule has 0 spiro atoms. The van der Waals surface area contributed by atoms with Crippen molar-refractivity contribution in [1.82, 2.24) is 14.7 Å². The zero-order valence-corrected chi connectivity index (χ0v) is 19.5. The van der Waals surface area contributed by atoms with Crippen molar-refractivity contribution in [3.05, 3.63) is 98.5 Å². The zero-order chi connectivity index (χ0) is 22.9. The fourth-order valence-electron chi connectivity index (χ4n) is 3.99. The smallest absolute Gasteiger partial charge is 0.258 e. The van der Waals surface area contributed by atoms with Gasteiger partial charge in [-0.25, -0.2) is 4.68 Å². The molecule has 0 fully saturated rings. The molecule has 1 N–H and O–H groups in total. The minimum atomic E-state index is -0.295. The Morgan fingerprint density at radius 2 is 2.00 bits per heavy atom. The van der Waals surface area contributed by atoms with Gasteiger partial charge in [0.2, 0.25) is 0 Å².